The number of benzene rings is 1. The van der Waals surface area contributed by atoms with Gasteiger partial charge in [0.1, 0.15) is 0 Å². The summed E-state index contributed by atoms with van der Waals surface area (Å²) in [6.07, 6.45) is 0. The van der Waals surface area contributed by atoms with Crippen molar-refractivity contribution in [2.24, 2.45) is 0 Å². The first kappa shape index (κ1) is 11.4. The number of hydrogen-bond donors (Lipinski definition) is 2. The third kappa shape index (κ3) is 3.53. The summed E-state index contributed by atoms with van der Waals surface area (Å²) in [5.74, 6) is -1.80. The van der Waals surface area contributed by atoms with Crippen LogP contribution in [0.1, 0.15) is 12.5 Å². The number of carbonyl (C=O) groups excluding carboxylic acids is 1. The Morgan fingerprint density at radius 2 is 2.00 bits per heavy atom. The first-order chi connectivity index (χ1) is 7.13. The van der Waals surface area contributed by atoms with Crippen LogP contribution in [0.15, 0.2) is 18.2 Å². The number of rotatable bonds is 3. The van der Waals surface area contributed by atoms with Crippen molar-refractivity contribution in [2.75, 3.05) is 6.54 Å². The van der Waals surface area contributed by atoms with Crippen LogP contribution in [0.5, 0.6) is 0 Å². The number of carbonyl (C=O) groups is 1. The second-order valence-corrected chi connectivity index (χ2v) is 2.96. The minimum Gasteiger partial charge on any atom is -0.338 e. The number of amides is 2. The summed E-state index contributed by atoms with van der Waals surface area (Å²) >= 11 is 0. The number of urea groups is 1. The van der Waals surface area contributed by atoms with E-state index in [0.717, 1.165) is 12.1 Å². The molecule has 0 aliphatic rings. The minimum atomic E-state index is -0.912. The lowest BCUT2D eigenvalue weighted by atomic mass is 10.2. The van der Waals surface area contributed by atoms with Gasteiger partial charge in [0.2, 0.25) is 0 Å². The van der Waals surface area contributed by atoms with Crippen molar-refractivity contribution in [3.63, 3.8) is 0 Å². The Balaban J connectivity index is 2.51. The summed E-state index contributed by atoms with van der Waals surface area (Å²) in [4.78, 5) is 11.0. The predicted molar refractivity (Wildman–Crippen MR) is 52.3 cm³/mol. The van der Waals surface area contributed by atoms with Gasteiger partial charge in [-0.1, -0.05) is 6.07 Å². The number of nitrogens with one attached hydrogen (secondary N) is 2. The fourth-order valence-electron chi connectivity index (χ4n) is 1.05. The molecule has 0 radical (unpaired) electrons. The van der Waals surface area contributed by atoms with Crippen LogP contribution in [-0.2, 0) is 6.54 Å². The first-order valence-corrected chi connectivity index (χ1v) is 4.59. The Labute approximate surface area is 86.5 Å². The van der Waals surface area contributed by atoms with E-state index in [2.05, 4.69) is 10.6 Å². The summed E-state index contributed by atoms with van der Waals surface area (Å²) in [6.45, 7) is 2.48. The largest absolute Gasteiger partial charge is 0.338 e. The normalized spacial score (nSPS) is 9.80. The molecule has 1 rings (SSSR count). The van der Waals surface area contributed by atoms with Gasteiger partial charge in [0.25, 0.3) is 0 Å². The van der Waals surface area contributed by atoms with Gasteiger partial charge in [-0.05, 0) is 24.6 Å². The van der Waals surface area contributed by atoms with Crippen molar-refractivity contribution in [1.29, 1.82) is 0 Å². The summed E-state index contributed by atoms with van der Waals surface area (Å²) in [7, 11) is 0. The van der Waals surface area contributed by atoms with Gasteiger partial charge < -0.3 is 10.6 Å². The van der Waals surface area contributed by atoms with Crippen LogP contribution in [0.25, 0.3) is 0 Å². The average molecular weight is 214 g/mol. The second kappa shape index (κ2) is 5.29. The zero-order valence-electron chi connectivity index (χ0n) is 8.31. The summed E-state index contributed by atoms with van der Waals surface area (Å²) in [5.41, 5.74) is 0.514. The Bertz CT molecular complexity index is 355. The Morgan fingerprint density at radius 3 is 2.60 bits per heavy atom. The van der Waals surface area contributed by atoms with Gasteiger partial charge in [-0.2, -0.15) is 0 Å². The maximum atomic E-state index is 12.7. The van der Waals surface area contributed by atoms with Gasteiger partial charge in [-0.15, -0.1) is 0 Å². The van der Waals surface area contributed by atoms with Gasteiger partial charge >= 0.3 is 6.03 Å². The predicted octanol–water partition coefficient (Wildman–Crippen LogP) is 1.78. The van der Waals surface area contributed by atoms with Crippen molar-refractivity contribution < 1.29 is 13.6 Å². The topological polar surface area (TPSA) is 41.1 Å². The third-order valence-electron chi connectivity index (χ3n) is 1.77. The Morgan fingerprint density at radius 1 is 1.27 bits per heavy atom. The van der Waals surface area contributed by atoms with E-state index in [4.69, 9.17) is 0 Å². The molecular formula is C10H12F2N2O. The lowest BCUT2D eigenvalue weighted by Crippen LogP contribution is -2.34. The molecule has 2 amide bonds. The molecule has 0 aliphatic carbocycles. The van der Waals surface area contributed by atoms with Crippen LogP contribution < -0.4 is 10.6 Å². The molecule has 0 unspecified atom stereocenters. The van der Waals surface area contributed by atoms with Gasteiger partial charge in [0.15, 0.2) is 11.6 Å². The number of halogens is 2. The van der Waals surface area contributed by atoms with E-state index < -0.39 is 11.6 Å². The van der Waals surface area contributed by atoms with Crippen LogP contribution in [-0.4, -0.2) is 12.6 Å². The highest BCUT2D eigenvalue weighted by Gasteiger charge is 2.03. The quantitative estimate of drug-likeness (QED) is 0.791. The highest BCUT2D eigenvalue weighted by atomic mass is 19.2. The van der Waals surface area contributed by atoms with Crippen LogP contribution in [0.2, 0.25) is 0 Å². The molecule has 1 aromatic carbocycles. The van der Waals surface area contributed by atoms with E-state index in [0.29, 0.717) is 12.1 Å². The van der Waals surface area contributed by atoms with Crippen LogP contribution in [0, 0.1) is 11.6 Å². The van der Waals surface area contributed by atoms with Crippen molar-refractivity contribution in [1.82, 2.24) is 10.6 Å². The van der Waals surface area contributed by atoms with Gasteiger partial charge in [-0.3, -0.25) is 0 Å². The van der Waals surface area contributed by atoms with Gasteiger partial charge in [0.05, 0.1) is 0 Å². The van der Waals surface area contributed by atoms with E-state index in [9.17, 15) is 13.6 Å². The average Bonchev–Trinajstić information content (AvgIpc) is 2.20. The smallest absolute Gasteiger partial charge is 0.315 e. The van der Waals surface area contributed by atoms with Crippen molar-refractivity contribution in [3.05, 3.63) is 35.4 Å². The molecule has 0 fully saturated rings. The monoisotopic (exact) mass is 214 g/mol. The molecule has 0 saturated heterocycles. The molecule has 2 N–H and O–H groups in total. The lowest BCUT2D eigenvalue weighted by molar-refractivity contribution is 0.241. The standard InChI is InChI=1S/C10H12F2N2O/c1-2-13-10(15)14-6-7-3-4-8(11)9(12)5-7/h3-5H,2,6H2,1H3,(H2,13,14,15). The first-order valence-electron chi connectivity index (χ1n) is 4.59. The zero-order valence-corrected chi connectivity index (χ0v) is 8.31. The van der Waals surface area contributed by atoms with E-state index in [-0.39, 0.29) is 12.6 Å². The maximum absolute atomic E-state index is 12.7. The molecule has 82 valence electrons. The maximum Gasteiger partial charge on any atom is 0.315 e. The zero-order chi connectivity index (χ0) is 11.3. The van der Waals surface area contributed by atoms with E-state index in [1.165, 1.54) is 6.07 Å². The molecule has 0 atom stereocenters. The van der Waals surface area contributed by atoms with Crippen molar-refractivity contribution >= 4 is 6.03 Å². The van der Waals surface area contributed by atoms with Crippen LogP contribution >= 0.6 is 0 Å². The summed E-state index contributed by atoms with van der Waals surface area (Å²) in [6, 6.07) is 3.18. The molecule has 5 heteroatoms. The van der Waals surface area contributed by atoms with Crippen molar-refractivity contribution in [3.8, 4) is 0 Å². The van der Waals surface area contributed by atoms with Crippen LogP contribution in [0.3, 0.4) is 0 Å². The molecule has 0 bridgehead atoms. The molecule has 0 saturated carbocycles. The lowest BCUT2D eigenvalue weighted by Gasteiger charge is -2.05. The summed E-state index contributed by atoms with van der Waals surface area (Å²) < 4.78 is 25.3. The molecule has 0 aliphatic heterocycles. The van der Waals surface area contributed by atoms with Gasteiger partial charge in [0, 0.05) is 13.1 Å². The molecular weight excluding hydrogens is 202 g/mol. The van der Waals surface area contributed by atoms with E-state index >= 15 is 0 Å². The highest BCUT2D eigenvalue weighted by molar-refractivity contribution is 5.73. The minimum absolute atomic E-state index is 0.170. The Kier molecular flexibility index (Phi) is 4.03. The van der Waals surface area contributed by atoms with Crippen LogP contribution in [0.4, 0.5) is 13.6 Å². The number of hydrogen-bond acceptors (Lipinski definition) is 1. The highest BCUT2D eigenvalue weighted by Crippen LogP contribution is 2.08. The molecule has 3 nitrogen and oxygen atoms in total. The molecule has 15 heavy (non-hydrogen) atoms. The summed E-state index contributed by atoms with van der Waals surface area (Å²) in [5, 5.41) is 5.03. The third-order valence-corrected chi connectivity index (χ3v) is 1.77. The molecule has 0 spiro atoms. The molecule has 1 aromatic rings. The molecule has 0 aromatic heterocycles. The second-order valence-electron chi connectivity index (χ2n) is 2.96. The SMILES string of the molecule is CCNC(=O)NCc1ccc(F)c(F)c1. The fraction of sp³-hybridized carbons (Fsp3) is 0.300. The van der Waals surface area contributed by atoms with E-state index in [1.807, 2.05) is 0 Å². The van der Waals surface area contributed by atoms with E-state index in [1.54, 1.807) is 6.92 Å². The fourth-order valence-corrected chi connectivity index (χ4v) is 1.05. The molecule has 0 heterocycles. The van der Waals surface area contributed by atoms with Crippen molar-refractivity contribution in [2.45, 2.75) is 13.5 Å². The Hall–Kier alpha value is -1.65. The van der Waals surface area contributed by atoms with Gasteiger partial charge in [-0.25, -0.2) is 13.6 Å².